The van der Waals surface area contributed by atoms with E-state index >= 15 is 0 Å². The molecule has 4 aliphatic rings. The molecular weight excluding hydrogens is 263 g/mol. The maximum atomic E-state index is 2.64. The van der Waals surface area contributed by atoms with Gasteiger partial charge in [0, 0.05) is 0 Å². The fraction of sp³-hybridized carbons (Fsp3) is 0.905. The minimum Gasteiger partial charge on any atom is -0.0848 e. The van der Waals surface area contributed by atoms with Crippen molar-refractivity contribution in [2.24, 2.45) is 11.3 Å². The third-order valence-electron chi connectivity index (χ3n) is 7.89. The Morgan fingerprint density at radius 2 is 1.45 bits per heavy atom. The van der Waals surface area contributed by atoms with Crippen LogP contribution in [0.3, 0.4) is 0 Å². The summed E-state index contributed by atoms with van der Waals surface area (Å²) in [6, 6.07) is 0. The van der Waals surface area contributed by atoms with Gasteiger partial charge in [0.05, 0.1) is 0 Å². The topological polar surface area (TPSA) is 0 Å². The Hall–Kier alpha value is -0.195. The van der Waals surface area contributed by atoms with Gasteiger partial charge < -0.3 is 0 Å². The molecule has 3 fully saturated rings. The fourth-order valence-corrected chi connectivity index (χ4v) is 6.60. The molecule has 0 aromatic carbocycles. The van der Waals surface area contributed by atoms with Gasteiger partial charge in [0.15, 0.2) is 0 Å². The highest BCUT2D eigenvalue weighted by Crippen LogP contribution is 2.53. The predicted molar refractivity (Wildman–Crippen MR) is 97.8 cm³/mol. The van der Waals surface area contributed by atoms with Crippen LogP contribution >= 0.6 is 0 Å². The molecule has 0 spiro atoms. The third-order valence-corrected chi connectivity index (χ3v) is 7.89. The van der Waals surface area contributed by atoms with Gasteiger partial charge in [-0.1, -0.05) is 101 Å². The van der Waals surface area contributed by atoms with E-state index in [2.05, 4.69) is 12.2 Å². The molecule has 2 unspecified atom stereocenters. The third kappa shape index (κ3) is 3.20. The summed E-state index contributed by atoms with van der Waals surface area (Å²) in [5.74, 6) is 3.15. The van der Waals surface area contributed by atoms with Crippen LogP contribution in [0.1, 0.15) is 89.9 Å². The summed E-state index contributed by atoms with van der Waals surface area (Å²) in [6.45, 7) is 1.09. The van der Waals surface area contributed by atoms with Crippen molar-refractivity contribution < 1.29 is 0 Å². The zero-order chi connectivity index (χ0) is 14.8. The van der Waals surface area contributed by atoms with Crippen LogP contribution in [0, 0.1) is 11.3 Å². The molecule has 22 heavy (non-hydrogen) atoms. The molecule has 0 aromatic heterocycles. The first-order valence-corrected chi connectivity index (χ1v) is 10.5. The lowest BCUT2D eigenvalue weighted by Gasteiger charge is -2.37. The highest BCUT2D eigenvalue weighted by atomic mass is 14.4. The lowest BCUT2D eigenvalue weighted by Crippen LogP contribution is -2.31. The van der Waals surface area contributed by atoms with Crippen molar-refractivity contribution in [3.8, 4) is 0 Å². The molecule has 4 rings (SSSR count). The van der Waals surface area contributed by atoms with Crippen molar-refractivity contribution in [1.82, 2.24) is 0 Å². The van der Waals surface area contributed by atoms with Crippen molar-refractivity contribution in [2.75, 3.05) is 0 Å². The molecule has 2 atom stereocenters. The maximum absolute atomic E-state index is 2.64. The van der Waals surface area contributed by atoms with Gasteiger partial charge in [-0.2, -0.15) is 0 Å². The Morgan fingerprint density at radius 1 is 0.818 bits per heavy atom. The Kier molecular flexibility index (Phi) is 4.70. The molecule has 0 saturated heterocycles. The van der Waals surface area contributed by atoms with E-state index in [0.29, 0.717) is 5.41 Å². The van der Waals surface area contributed by atoms with Crippen molar-refractivity contribution in [1.29, 1.82) is 0 Å². The summed E-state index contributed by atoms with van der Waals surface area (Å²) in [6.07, 6.45) is 28.2. The summed E-state index contributed by atoms with van der Waals surface area (Å²) < 4.78 is 0. The Morgan fingerprint density at radius 3 is 1.91 bits per heavy atom. The Bertz CT molecular complexity index is 371. The minimum atomic E-state index is 0.659. The Labute approximate surface area is 138 Å². The first kappa shape index (κ1) is 15.3. The van der Waals surface area contributed by atoms with Crippen LogP contribution in [0.5, 0.6) is 0 Å². The second kappa shape index (κ2) is 6.74. The van der Waals surface area contributed by atoms with Crippen LogP contribution in [-0.2, 0) is 0 Å². The zero-order valence-corrected chi connectivity index (χ0v) is 14.6. The standard InChI is InChI=1S/C21H35B/c1-3-7-19(8-4-1)22(20-9-5-2-6-10-20)16-15-21-13-11-18(17-21)12-14-21/h11,13,18-20H,1-10,12,14-17H2. The van der Waals surface area contributed by atoms with E-state index in [4.69, 9.17) is 0 Å². The molecule has 0 radical (unpaired) electrons. The van der Waals surface area contributed by atoms with Crippen molar-refractivity contribution in [3.05, 3.63) is 12.2 Å². The second-order valence-corrected chi connectivity index (χ2v) is 9.22. The number of rotatable bonds is 5. The molecule has 2 bridgehead atoms. The van der Waals surface area contributed by atoms with Gasteiger partial charge >= 0.3 is 0 Å². The summed E-state index contributed by atoms with van der Waals surface area (Å²) in [7, 11) is 0. The van der Waals surface area contributed by atoms with E-state index in [1.165, 1.54) is 64.2 Å². The molecule has 0 aliphatic heterocycles. The summed E-state index contributed by atoms with van der Waals surface area (Å²) >= 11 is 0. The number of fused-ring (bicyclic) bond motifs is 2. The van der Waals surface area contributed by atoms with Crippen molar-refractivity contribution in [3.63, 3.8) is 0 Å². The normalized spacial score (nSPS) is 36.1. The molecule has 122 valence electrons. The average molecular weight is 298 g/mol. The lowest BCUT2D eigenvalue weighted by atomic mass is 9.28. The molecule has 4 aliphatic carbocycles. The van der Waals surface area contributed by atoms with Crippen LogP contribution in [0.2, 0.25) is 18.0 Å². The average Bonchev–Trinajstić information content (AvgIpc) is 3.18. The van der Waals surface area contributed by atoms with E-state index in [1.54, 1.807) is 32.0 Å². The minimum absolute atomic E-state index is 0.659. The van der Waals surface area contributed by atoms with Crippen LogP contribution < -0.4 is 0 Å². The van der Waals surface area contributed by atoms with Gasteiger partial charge in [-0.05, 0) is 30.6 Å². The van der Waals surface area contributed by atoms with E-state index < -0.39 is 0 Å². The molecule has 3 saturated carbocycles. The second-order valence-electron chi connectivity index (χ2n) is 9.22. The van der Waals surface area contributed by atoms with Gasteiger partial charge in [-0.15, -0.1) is 0 Å². The molecule has 0 aromatic rings. The van der Waals surface area contributed by atoms with E-state index in [9.17, 15) is 0 Å². The molecule has 1 heteroatoms. The lowest BCUT2D eigenvalue weighted by molar-refractivity contribution is 0.381. The van der Waals surface area contributed by atoms with Crippen LogP contribution in [0.4, 0.5) is 0 Å². The number of allylic oxidation sites excluding steroid dienone is 2. The highest BCUT2D eigenvalue weighted by molar-refractivity contribution is 6.62. The van der Waals surface area contributed by atoms with Crippen LogP contribution in [0.15, 0.2) is 12.2 Å². The smallest absolute Gasteiger partial charge is 0.0848 e. The molecule has 0 nitrogen and oxygen atoms in total. The van der Waals surface area contributed by atoms with Gasteiger partial charge in [0.2, 0.25) is 0 Å². The maximum Gasteiger partial charge on any atom is 0.146 e. The quantitative estimate of drug-likeness (QED) is 0.382. The Balaban J connectivity index is 1.41. The summed E-state index contributed by atoms with van der Waals surface area (Å²) in [4.78, 5) is 0. The number of hydrogen-bond donors (Lipinski definition) is 0. The molecular formula is C21H35B. The van der Waals surface area contributed by atoms with E-state index in [-0.39, 0.29) is 0 Å². The predicted octanol–water partition coefficient (Wildman–Crippen LogP) is 6.90. The molecule has 0 N–H and O–H groups in total. The van der Waals surface area contributed by atoms with Crippen molar-refractivity contribution in [2.45, 2.75) is 108 Å². The summed E-state index contributed by atoms with van der Waals surface area (Å²) in [5, 5.41) is 0. The first-order valence-electron chi connectivity index (χ1n) is 10.5. The van der Waals surface area contributed by atoms with E-state index in [1.807, 2.05) is 0 Å². The van der Waals surface area contributed by atoms with Gasteiger partial charge in [-0.25, -0.2) is 0 Å². The molecule has 0 amide bonds. The largest absolute Gasteiger partial charge is 0.146 e. The van der Waals surface area contributed by atoms with E-state index in [0.717, 1.165) is 24.3 Å². The van der Waals surface area contributed by atoms with Gasteiger partial charge in [0.25, 0.3) is 0 Å². The van der Waals surface area contributed by atoms with Crippen molar-refractivity contribution >= 4 is 6.71 Å². The summed E-state index contributed by atoms with van der Waals surface area (Å²) in [5.41, 5.74) is 0.659. The van der Waals surface area contributed by atoms with Crippen LogP contribution in [0.25, 0.3) is 0 Å². The van der Waals surface area contributed by atoms with Gasteiger partial charge in [-0.3, -0.25) is 0 Å². The first-order chi connectivity index (χ1) is 10.8. The SMILES string of the molecule is C1=CC2(CCB(C3CCCCC3)C3CCCCC3)CCC1C2. The van der Waals surface area contributed by atoms with Gasteiger partial charge in [0.1, 0.15) is 6.71 Å². The van der Waals surface area contributed by atoms with Crippen LogP contribution in [-0.4, -0.2) is 6.71 Å². The monoisotopic (exact) mass is 298 g/mol. The zero-order valence-electron chi connectivity index (χ0n) is 14.6. The fourth-order valence-electron chi connectivity index (χ4n) is 6.60. The number of hydrogen-bond acceptors (Lipinski definition) is 0. The highest BCUT2D eigenvalue weighted by Gasteiger charge is 2.42. The molecule has 0 heterocycles.